The first-order valence-corrected chi connectivity index (χ1v) is 5.81. The summed E-state index contributed by atoms with van der Waals surface area (Å²) in [6, 6.07) is 6.35. The minimum absolute atomic E-state index is 0.944. The second-order valence-corrected chi connectivity index (χ2v) is 5.87. The zero-order chi connectivity index (χ0) is 11.1. The summed E-state index contributed by atoms with van der Waals surface area (Å²) in [5.41, 5.74) is 2.58. The summed E-state index contributed by atoms with van der Waals surface area (Å²) >= 11 is 3.51. The lowest BCUT2D eigenvalue weighted by atomic mass is 10.1. The van der Waals surface area contributed by atoms with Crippen LogP contribution in [-0.4, -0.2) is 30.6 Å². The standard InChI is InChI=1S/C12H16BrN2/c1-15(2,3)8-9-7-14-12-5-4-10(13)6-11(9)12/h4-7,14H,8H2,1-3H3/q+1. The minimum atomic E-state index is 0.944. The number of nitrogens with one attached hydrogen (secondary N) is 1. The van der Waals surface area contributed by atoms with Crippen LogP contribution in [0.3, 0.4) is 0 Å². The second-order valence-electron chi connectivity index (χ2n) is 4.95. The van der Waals surface area contributed by atoms with Crippen molar-refractivity contribution in [3.05, 3.63) is 34.4 Å². The van der Waals surface area contributed by atoms with Crippen molar-refractivity contribution < 1.29 is 4.48 Å². The average molecular weight is 268 g/mol. The number of benzene rings is 1. The van der Waals surface area contributed by atoms with E-state index in [1.54, 1.807) is 0 Å². The highest BCUT2D eigenvalue weighted by Crippen LogP contribution is 2.24. The number of halogens is 1. The number of aromatic nitrogens is 1. The number of quaternary nitrogens is 1. The molecule has 1 aromatic carbocycles. The molecule has 3 heteroatoms. The van der Waals surface area contributed by atoms with Crippen molar-refractivity contribution >= 4 is 26.8 Å². The third kappa shape index (κ3) is 2.41. The number of aromatic amines is 1. The molecule has 2 rings (SSSR count). The first-order valence-electron chi connectivity index (χ1n) is 5.02. The molecule has 2 aromatic rings. The van der Waals surface area contributed by atoms with Crippen molar-refractivity contribution in [1.29, 1.82) is 0 Å². The minimum Gasteiger partial charge on any atom is -0.361 e. The normalized spacial score (nSPS) is 12.3. The van der Waals surface area contributed by atoms with E-state index in [2.05, 4.69) is 66.5 Å². The van der Waals surface area contributed by atoms with E-state index in [4.69, 9.17) is 0 Å². The Bertz CT molecular complexity index is 480. The predicted molar refractivity (Wildman–Crippen MR) is 67.7 cm³/mol. The van der Waals surface area contributed by atoms with Crippen LogP contribution in [0.2, 0.25) is 0 Å². The summed E-state index contributed by atoms with van der Waals surface area (Å²) < 4.78 is 2.08. The van der Waals surface area contributed by atoms with Crippen molar-refractivity contribution in [2.75, 3.05) is 21.1 Å². The highest BCUT2D eigenvalue weighted by molar-refractivity contribution is 9.10. The highest BCUT2D eigenvalue weighted by atomic mass is 79.9. The maximum absolute atomic E-state index is 3.51. The molecule has 2 nitrogen and oxygen atoms in total. The fourth-order valence-corrected chi connectivity index (χ4v) is 2.15. The van der Waals surface area contributed by atoms with Crippen LogP contribution in [0.15, 0.2) is 28.9 Å². The lowest BCUT2D eigenvalue weighted by Gasteiger charge is -2.23. The molecule has 0 saturated carbocycles. The van der Waals surface area contributed by atoms with Crippen LogP contribution in [0.4, 0.5) is 0 Å². The van der Waals surface area contributed by atoms with Crippen LogP contribution in [0.1, 0.15) is 5.56 Å². The van der Waals surface area contributed by atoms with Crippen molar-refractivity contribution in [3.8, 4) is 0 Å². The van der Waals surface area contributed by atoms with Crippen molar-refractivity contribution in [1.82, 2.24) is 4.98 Å². The van der Waals surface area contributed by atoms with E-state index in [1.165, 1.54) is 16.5 Å². The first-order chi connectivity index (χ1) is 6.96. The molecule has 1 N–H and O–H groups in total. The van der Waals surface area contributed by atoms with Crippen LogP contribution in [-0.2, 0) is 6.54 Å². The lowest BCUT2D eigenvalue weighted by molar-refractivity contribution is -0.883. The van der Waals surface area contributed by atoms with Crippen LogP contribution in [0.5, 0.6) is 0 Å². The fourth-order valence-electron chi connectivity index (χ4n) is 1.79. The third-order valence-corrected chi connectivity index (χ3v) is 2.87. The van der Waals surface area contributed by atoms with E-state index in [0.29, 0.717) is 0 Å². The Morgan fingerprint density at radius 2 is 2.00 bits per heavy atom. The maximum atomic E-state index is 3.51. The predicted octanol–water partition coefficient (Wildman–Crippen LogP) is 3.14. The summed E-state index contributed by atoms with van der Waals surface area (Å²) in [6.07, 6.45) is 2.11. The topological polar surface area (TPSA) is 15.8 Å². The Labute approximate surface area is 98.6 Å². The highest BCUT2D eigenvalue weighted by Gasteiger charge is 2.12. The molecule has 0 amide bonds. The monoisotopic (exact) mass is 267 g/mol. The number of hydrogen-bond acceptors (Lipinski definition) is 0. The van der Waals surface area contributed by atoms with E-state index in [-0.39, 0.29) is 0 Å². The maximum Gasteiger partial charge on any atom is 0.106 e. The zero-order valence-corrected chi connectivity index (χ0v) is 10.9. The largest absolute Gasteiger partial charge is 0.361 e. The van der Waals surface area contributed by atoms with Gasteiger partial charge in [0.1, 0.15) is 6.54 Å². The summed E-state index contributed by atoms with van der Waals surface area (Å²) in [6.45, 7) is 1.04. The van der Waals surface area contributed by atoms with Crippen molar-refractivity contribution in [2.24, 2.45) is 0 Å². The van der Waals surface area contributed by atoms with Crippen LogP contribution in [0.25, 0.3) is 10.9 Å². The van der Waals surface area contributed by atoms with Gasteiger partial charge in [-0.15, -0.1) is 0 Å². The second kappa shape index (κ2) is 3.65. The Morgan fingerprint density at radius 1 is 1.27 bits per heavy atom. The molecule has 0 radical (unpaired) electrons. The number of fused-ring (bicyclic) bond motifs is 1. The molecule has 0 atom stereocenters. The number of hydrogen-bond donors (Lipinski definition) is 1. The first kappa shape index (κ1) is 10.7. The Kier molecular flexibility index (Phi) is 2.61. The van der Waals surface area contributed by atoms with Crippen molar-refractivity contribution in [2.45, 2.75) is 6.54 Å². The molecule has 0 aliphatic heterocycles. The van der Waals surface area contributed by atoms with Crippen LogP contribution in [0, 0.1) is 0 Å². The zero-order valence-electron chi connectivity index (χ0n) is 9.34. The van der Waals surface area contributed by atoms with Crippen LogP contribution >= 0.6 is 15.9 Å². The molecule has 0 saturated heterocycles. The van der Waals surface area contributed by atoms with Gasteiger partial charge >= 0.3 is 0 Å². The molecule has 15 heavy (non-hydrogen) atoms. The van der Waals surface area contributed by atoms with Gasteiger partial charge in [-0.1, -0.05) is 15.9 Å². The molecule has 1 aromatic heterocycles. The number of rotatable bonds is 2. The van der Waals surface area contributed by atoms with Gasteiger partial charge in [-0.2, -0.15) is 0 Å². The molecule has 0 aliphatic rings. The Balaban J connectivity index is 2.48. The van der Waals surface area contributed by atoms with Gasteiger partial charge < -0.3 is 9.47 Å². The molecule has 0 spiro atoms. The molecular formula is C12H16BrN2+. The Hall–Kier alpha value is -0.800. The van der Waals surface area contributed by atoms with E-state index < -0.39 is 0 Å². The summed E-state index contributed by atoms with van der Waals surface area (Å²) in [4.78, 5) is 3.31. The summed E-state index contributed by atoms with van der Waals surface area (Å²) in [5.74, 6) is 0. The molecule has 1 heterocycles. The fraction of sp³-hybridized carbons (Fsp3) is 0.333. The van der Waals surface area contributed by atoms with Crippen molar-refractivity contribution in [3.63, 3.8) is 0 Å². The van der Waals surface area contributed by atoms with Gasteiger partial charge in [-0.3, -0.25) is 0 Å². The molecule has 0 unspecified atom stereocenters. The SMILES string of the molecule is C[N+](C)(C)Cc1c[nH]c2ccc(Br)cc12. The molecule has 0 bridgehead atoms. The Morgan fingerprint density at radius 3 is 2.67 bits per heavy atom. The summed E-state index contributed by atoms with van der Waals surface area (Å²) in [5, 5.41) is 1.32. The van der Waals surface area contributed by atoms with Gasteiger partial charge in [-0.05, 0) is 18.2 Å². The van der Waals surface area contributed by atoms with E-state index in [0.717, 1.165) is 15.5 Å². The van der Waals surface area contributed by atoms with Gasteiger partial charge in [0.05, 0.1) is 21.1 Å². The van der Waals surface area contributed by atoms with E-state index in [1.807, 2.05) is 0 Å². The van der Waals surface area contributed by atoms with E-state index >= 15 is 0 Å². The van der Waals surface area contributed by atoms with Gasteiger partial charge in [0.15, 0.2) is 0 Å². The quantitative estimate of drug-likeness (QED) is 0.805. The van der Waals surface area contributed by atoms with E-state index in [9.17, 15) is 0 Å². The molecule has 80 valence electrons. The number of nitrogens with zero attached hydrogens (tertiary/aromatic N) is 1. The lowest BCUT2D eigenvalue weighted by Crippen LogP contribution is -2.33. The average Bonchev–Trinajstić information content (AvgIpc) is 2.46. The smallest absolute Gasteiger partial charge is 0.106 e. The molecule has 0 fully saturated rings. The van der Waals surface area contributed by atoms with Gasteiger partial charge in [-0.25, -0.2) is 0 Å². The summed E-state index contributed by atoms with van der Waals surface area (Å²) in [7, 11) is 6.62. The molecule has 0 aliphatic carbocycles. The van der Waals surface area contributed by atoms with Crippen LogP contribution < -0.4 is 0 Å². The van der Waals surface area contributed by atoms with Gasteiger partial charge in [0.25, 0.3) is 0 Å². The third-order valence-electron chi connectivity index (χ3n) is 2.37. The van der Waals surface area contributed by atoms with Gasteiger partial charge in [0.2, 0.25) is 0 Å². The van der Waals surface area contributed by atoms with Gasteiger partial charge in [0, 0.05) is 27.1 Å². The number of H-pyrrole nitrogens is 1. The molecular weight excluding hydrogens is 252 g/mol.